The van der Waals surface area contributed by atoms with Crippen LogP contribution in [0.4, 0.5) is 18.9 Å². The van der Waals surface area contributed by atoms with Crippen molar-refractivity contribution in [1.29, 1.82) is 10.5 Å². The Morgan fingerprint density at radius 2 is 0.909 bits per heavy atom. The molecule has 4 rings (SSSR count). The van der Waals surface area contributed by atoms with Gasteiger partial charge in [0.1, 0.15) is 29.0 Å². The molecule has 0 spiro atoms. The van der Waals surface area contributed by atoms with Gasteiger partial charge in [0.05, 0.1) is 7.05 Å². The van der Waals surface area contributed by atoms with Crippen molar-refractivity contribution in [1.82, 2.24) is 0 Å². The Balaban J connectivity index is 2.28. The van der Waals surface area contributed by atoms with E-state index in [0.29, 0.717) is 15.9 Å². The minimum Gasteiger partial charge on any atom is -0.249 e. The van der Waals surface area contributed by atoms with E-state index in [2.05, 4.69) is 0 Å². The zero-order valence-electron chi connectivity index (χ0n) is 17.1. The molecule has 0 bridgehead atoms. The van der Waals surface area contributed by atoms with Crippen LogP contribution in [0, 0.1) is 40.1 Å². The third-order valence-corrected chi connectivity index (χ3v) is 8.80. The van der Waals surface area contributed by atoms with E-state index < -0.39 is 41.3 Å². The SMILES string of the molecule is N#Cc1c(F)c(F)c(C#N)c(N=P(c2ccccc2)(c2ccccc2)c2ccccc2)c1F. The molecule has 7 heteroatoms. The maximum absolute atomic E-state index is 15.4. The van der Waals surface area contributed by atoms with E-state index in [1.807, 2.05) is 54.6 Å². The molecule has 0 heterocycles. The zero-order valence-corrected chi connectivity index (χ0v) is 18.0. The molecule has 0 amide bonds. The first-order valence-corrected chi connectivity index (χ1v) is 11.6. The van der Waals surface area contributed by atoms with Gasteiger partial charge in [-0.3, -0.25) is 0 Å². The highest BCUT2D eigenvalue weighted by atomic mass is 31.2. The molecule has 0 aliphatic carbocycles. The third kappa shape index (κ3) is 3.72. The maximum atomic E-state index is 15.4. The van der Waals surface area contributed by atoms with Gasteiger partial charge in [-0.05, 0) is 0 Å². The monoisotopic (exact) mass is 457 g/mol. The molecule has 0 N–H and O–H groups in total. The molecule has 160 valence electrons. The molecule has 4 aromatic carbocycles. The number of hydrogen-bond acceptors (Lipinski definition) is 3. The van der Waals surface area contributed by atoms with Crippen LogP contribution in [0.2, 0.25) is 0 Å². The fourth-order valence-electron chi connectivity index (χ4n) is 3.64. The van der Waals surface area contributed by atoms with Crippen LogP contribution in [0.5, 0.6) is 0 Å². The standard InChI is InChI=1S/C26H15F3N3P/c27-23-21(16-30)25(29)26(22(17-31)24(23)28)32-33(18-10-4-1-5-11-18,19-12-6-2-7-13-19)20-14-8-3-9-15-20/h1-15H. The average molecular weight is 457 g/mol. The van der Waals surface area contributed by atoms with Crippen LogP contribution in [0.25, 0.3) is 0 Å². The Hall–Kier alpha value is -4.12. The van der Waals surface area contributed by atoms with Gasteiger partial charge in [0, 0.05) is 15.9 Å². The lowest BCUT2D eigenvalue weighted by atomic mass is 10.1. The van der Waals surface area contributed by atoms with Gasteiger partial charge < -0.3 is 0 Å². The summed E-state index contributed by atoms with van der Waals surface area (Å²) in [4.78, 5) is 0. The molecule has 3 nitrogen and oxygen atoms in total. The predicted molar refractivity (Wildman–Crippen MR) is 123 cm³/mol. The maximum Gasteiger partial charge on any atom is 0.181 e. The molecule has 4 aromatic rings. The second-order valence-corrected chi connectivity index (χ2v) is 10.0. The second-order valence-electron chi connectivity index (χ2n) is 7.01. The van der Waals surface area contributed by atoms with Gasteiger partial charge in [-0.15, -0.1) is 0 Å². The van der Waals surface area contributed by atoms with E-state index in [0.717, 1.165) is 0 Å². The van der Waals surface area contributed by atoms with E-state index in [1.54, 1.807) is 36.4 Å². The number of nitrogens with zero attached hydrogens (tertiary/aromatic N) is 3. The number of halogens is 3. The Morgan fingerprint density at radius 1 is 0.545 bits per heavy atom. The molecule has 0 saturated carbocycles. The van der Waals surface area contributed by atoms with Gasteiger partial charge in [-0.25, -0.2) is 17.9 Å². The normalized spacial score (nSPS) is 10.8. The van der Waals surface area contributed by atoms with Crippen molar-refractivity contribution in [3.8, 4) is 12.1 Å². The fourth-order valence-corrected chi connectivity index (χ4v) is 7.18. The summed E-state index contributed by atoms with van der Waals surface area (Å²) in [6.07, 6.45) is 0. The average Bonchev–Trinajstić information content (AvgIpc) is 2.87. The summed E-state index contributed by atoms with van der Waals surface area (Å²) in [6.45, 7) is 0. The van der Waals surface area contributed by atoms with Crippen LogP contribution in [-0.2, 0) is 0 Å². The van der Waals surface area contributed by atoms with Crippen LogP contribution >= 0.6 is 7.05 Å². The van der Waals surface area contributed by atoms with Crippen molar-refractivity contribution < 1.29 is 13.2 Å². The number of hydrogen-bond donors (Lipinski definition) is 0. The molecule has 0 atom stereocenters. The van der Waals surface area contributed by atoms with Gasteiger partial charge in [0.2, 0.25) is 0 Å². The second kappa shape index (κ2) is 9.17. The lowest BCUT2D eigenvalue weighted by molar-refractivity contribution is 0.490. The van der Waals surface area contributed by atoms with E-state index in [-0.39, 0.29) is 0 Å². The lowest BCUT2D eigenvalue weighted by Crippen LogP contribution is -2.25. The quantitative estimate of drug-likeness (QED) is 0.293. The van der Waals surface area contributed by atoms with Crippen LogP contribution < -0.4 is 15.9 Å². The van der Waals surface area contributed by atoms with Crippen molar-refractivity contribution in [2.24, 2.45) is 4.74 Å². The van der Waals surface area contributed by atoms with Crippen molar-refractivity contribution >= 4 is 28.7 Å². The van der Waals surface area contributed by atoms with Crippen molar-refractivity contribution in [3.05, 3.63) is 120 Å². The van der Waals surface area contributed by atoms with E-state index in [4.69, 9.17) is 4.74 Å². The highest BCUT2D eigenvalue weighted by Gasteiger charge is 2.31. The smallest absolute Gasteiger partial charge is 0.181 e. The van der Waals surface area contributed by atoms with Crippen LogP contribution in [0.15, 0.2) is 95.7 Å². The van der Waals surface area contributed by atoms with Crippen LogP contribution in [-0.4, -0.2) is 0 Å². The molecule has 0 aliphatic heterocycles. The van der Waals surface area contributed by atoms with E-state index in [9.17, 15) is 19.3 Å². The van der Waals surface area contributed by atoms with Gasteiger partial charge in [-0.1, -0.05) is 91.0 Å². The molecular weight excluding hydrogens is 442 g/mol. The van der Waals surface area contributed by atoms with Crippen molar-refractivity contribution in [2.45, 2.75) is 0 Å². The topological polar surface area (TPSA) is 59.9 Å². The summed E-state index contributed by atoms with van der Waals surface area (Å²) < 4.78 is 49.1. The number of benzene rings is 4. The summed E-state index contributed by atoms with van der Waals surface area (Å²) in [6, 6.07) is 30.1. The molecule has 0 aliphatic rings. The van der Waals surface area contributed by atoms with Crippen molar-refractivity contribution in [3.63, 3.8) is 0 Å². The number of nitriles is 2. The Morgan fingerprint density at radius 3 is 1.27 bits per heavy atom. The minimum atomic E-state index is -3.07. The molecular formula is C26H15F3N3P. The van der Waals surface area contributed by atoms with Gasteiger partial charge in [-0.2, -0.15) is 10.5 Å². The molecule has 0 unspecified atom stereocenters. The lowest BCUT2D eigenvalue weighted by Gasteiger charge is -2.27. The summed E-state index contributed by atoms with van der Waals surface area (Å²) >= 11 is 0. The fraction of sp³-hybridized carbons (Fsp3) is 0. The highest BCUT2D eigenvalue weighted by molar-refractivity contribution is 7.87. The van der Waals surface area contributed by atoms with E-state index >= 15 is 4.39 Å². The van der Waals surface area contributed by atoms with Crippen LogP contribution in [0.3, 0.4) is 0 Å². The Bertz CT molecular complexity index is 1350. The first-order valence-electron chi connectivity index (χ1n) is 9.84. The first-order chi connectivity index (χ1) is 16.0. The van der Waals surface area contributed by atoms with Crippen molar-refractivity contribution in [2.75, 3.05) is 0 Å². The Kier molecular flexibility index (Phi) is 6.13. The summed E-state index contributed by atoms with van der Waals surface area (Å²) in [5, 5.41) is 21.0. The van der Waals surface area contributed by atoms with Crippen LogP contribution in [0.1, 0.15) is 11.1 Å². The summed E-state index contributed by atoms with van der Waals surface area (Å²) in [7, 11) is -3.07. The van der Waals surface area contributed by atoms with E-state index in [1.165, 1.54) is 12.1 Å². The van der Waals surface area contributed by atoms with Gasteiger partial charge >= 0.3 is 0 Å². The Labute approximate surface area is 189 Å². The molecule has 0 radical (unpaired) electrons. The first kappa shape index (κ1) is 22.1. The predicted octanol–water partition coefficient (Wildman–Crippen LogP) is 5.66. The molecule has 0 aromatic heterocycles. The molecule has 0 fully saturated rings. The zero-order chi connectivity index (χ0) is 23.4. The summed E-state index contributed by atoms with van der Waals surface area (Å²) in [5.74, 6) is -4.66. The minimum absolute atomic E-state index is 0.669. The van der Waals surface area contributed by atoms with Gasteiger partial charge in [0.25, 0.3) is 0 Å². The molecule has 33 heavy (non-hydrogen) atoms. The summed E-state index contributed by atoms with van der Waals surface area (Å²) in [5.41, 5.74) is -2.66. The molecule has 0 saturated heterocycles. The number of rotatable bonds is 4. The third-order valence-electron chi connectivity index (χ3n) is 5.16. The highest BCUT2D eigenvalue weighted by Crippen LogP contribution is 2.50. The van der Waals surface area contributed by atoms with Gasteiger partial charge in [0.15, 0.2) is 17.5 Å². The largest absolute Gasteiger partial charge is 0.249 e.